The summed E-state index contributed by atoms with van der Waals surface area (Å²) in [5.74, 6) is 0.809. The second-order valence-electron chi connectivity index (χ2n) is 4.78. The third-order valence-electron chi connectivity index (χ3n) is 3.36. The smallest absolute Gasteiger partial charge is 0.121 e. The van der Waals surface area contributed by atoms with Gasteiger partial charge in [0.15, 0.2) is 0 Å². The Balaban J connectivity index is 1.70. The molecule has 2 aromatic carbocycles. The van der Waals surface area contributed by atoms with Gasteiger partial charge in [-0.15, -0.1) is 0 Å². The van der Waals surface area contributed by atoms with Gasteiger partial charge in [0.25, 0.3) is 0 Å². The van der Waals surface area contributed by atoms with E-state index in [9.17, 15) is 0 Å². The molecular formula is C16H16ClNO. The molecule has 0 spiro atoms. The minimum absolute atomic E-state index is 0.577. The molecule has 0 atom stereocenters. The predicted molar refractivity (Wildman–Crippen MR) is 77.6 cm³/mol. The first-order valence-electron chi connectivity index (χ1n) is 6.51. The maximum absolute atomic E-state index is 5.93. The summed E-state index contributed by atoms with van der Waals surface area (Å²) in [6, 6.07) is 14.1. The van der Waals surface area contributed by atoms with Crippen LogP contribution in [-0.4, -0.2) is 6.54 Å². The minimum Gasteiger partial charge on any atom is -0.489 e. The third-order valence-corrected chi connectivity index (χ3v) is 3.59. The molecule has 0 saturated carbocycles. The van der Waals surface area contributed by atoms with Crippen molar-refractivity contribution in [2.75, 3.05) is 6.54 Å². The van der Waals surface area contributed by atoms with Crippen LogP contribution in [0.5, 0.6) is 5.75 Å². The van der Waals surface area contributed by atoms with Crippen LogP contribution in [0.2, 0.25) is 5.02 Å². The Kier molecular flexibility index (Phi) is 3.72. The molecule has 19 heavy (non-hydrogen) atoms. The lowest BCUT2D eigenvalue weighted by Gasteiger charge is -2.18. The Labute approximate surface area is 118 Å². The van der Waals surface area contributed by atoms with Crippen molar-refractivity contribution in [1.29, 1.82) is 0 Å². The van der Waals surface area contributed by atoms with E-state index in [4.69, 9.17) is 16.3 Å². The van der Waals surface area contributed by atoms with Crippen LogP contribution in [0.3, 0.4) is 0 Å². The molecule has 1 aliphatic rings. The molecule has 2 nitrogen and oxygen atoms in total. The lowest BCUT2D eigenvalue weighted by Crippen LogP contribution is -2.23. The van der Waals surface area contributed by atoms with Crippen molar-refractivity contribution in [3.63, 3.8) is 0 Å². The van der Waals surface area contributed by atoms with Crippen molar-refractivity contribution < 1.29 is 4.74 Å². The van der Waals surface area contributed by atoms with Crippen molar-refractivity contribution in [1.82, 2.24) is 5.32 Å². The van der Waals surface area contributed by atoms with Gasteiger partial charge in [0.1, 0.15) is 12.4 Å². The van der Waals surface area contributed by atoms with Gasteiger partial charge in [-0.1, -0.05) is 35.9 Å². The zero-order valence-electron chi connectivity index (χ0n) is 10.7. The highest BCUT2D eigenvalue weighted by Gasteiger charge is 2.08. The van der Waals surface area contributed by atoms with Crippen molar-refractivity contribution in [2.45, 2.75) is 19.6 Å². The molecule has 0 radical (unpaired) electrons. The molecular weight excluding hydrogens is 258 g/mol. The Morgan fingerprint density at radius 2 is 2.05 bits per heavy atom. The van der Waals surface area contributed by atoms with Crippen LogP contribution >= 0.6 is 11.6 Å². The van der Waals surface area contributed by atoms with E-state index in [1.54, 1.807) is 0 Å². The third kappa shape index (κ3) is 3.09. The molecule has 1 heterocycles. The second-order valence-corrected chi connectivity index (χ2v) is 5.21. The first-order chi connectivity index (χ1) is 9.31. The standard InChI is InChI=1S/C16H16ClNO/c17-15-2-1-3-16(9-15)19-11-12-4-5-13-6-7-18-10-14(13)8-12/h1-5,8-9,18H,6-7,10-11H2. The van der Waals surface area contributed by atoms with Gasteiger partial charge in [-0.05, 0) is 47.9 Å². The first-order valence-corrected chi connectivity index (χ1v) is 6.89. The van der Waals surface area contributed by atoms with E-state index in [1.165, 1.54) is 16.7 Å². The summed E-state index contributed by atoms with van der Waals surface area (Å²) in [6.07, 6.45) is 1.12. The van der Waals surface area contributed by atoms with Crippen LogP contribution in [0, 0.1) is 0 Å². The molecule has 0 aliphatic carbocycles. The molecule has 2 aromatic rings. The van der Waals surface area contributed by atoms with Gasteiger partial charge in [0.2, 0.25) is 0 Å². The number of hydrogen-bond acceptors (Lipinski definition) is 2. The van der Waals surface area contributed by atoms with Crippen LogP contribution in [0.15, 0.2) is 42.5 Å². The van der Waals surface area contributed by atoms with E-state index in [0.29, 0.717) is 11.6 Å². The fourth-order valence-corrected chi connectivity index (χ4v) is 2.53. The van der Waals surface area contributed by atoms with E-state index in [0.717, 1.165) is 25.3 Å². The average Bonchev–Trinajstić information content (AvgIpc) is 2.45. The quantitative estimate of drug-likeness (QED) is 0.923. The molecule has 0 fully saturated rings. The first kappa shape index (κ1) is 12.5. The van der Waals surface area contributed by atoms with Crippen LogP contribution < -0.4 is 10.1 Å². The van der Waals surface area contributed by atoms with Gasteiger partial charge in [-0.25, -0.2) is 0 Å². The van der Waals surface area contributed by atoms with Gasteiger partial charge < -0.3 is 10.1 Å². The fraction of sp³-hybridized carbons (Fsp3) is 0.250. The summed E-state index contributed by atoms with van der Waals surface area (Å²) < 4.78 is 5.76. The average molecular weight is 274 g/mol. The van der Waals surface area contributed by atoms with Crippen LogP contribution in [-0.2, 0) is 19.6 Å². The van der Waals surface area contributed by atoms with E-state index in [2.05, 4.69) is 23.5 Å². The second kappa shape index (κ2) is 5.64. The molecule has 0 bridgehead atoms. The maximum Gasteiger partial charge on any atom is 0.121 e. The van der Waals surface area contributed by atoms with Gasteiger partial charge in [0.05, 0.1) is 0 Å². The van der Waals surface area contributed by atoms with E-state index >= 15 is 0 Å². The zero-order chi connectivity index (χ0) is 13.1. The number of halogens is 1. The Bertz CT molecular complexity index is 583. The number of benzene rings is 2. The molecule has 3 heteroatoms. The molecule has 1 N–H and O–H groups in total. The molecule has 0 amide bonds. The summed E-state index contributed by atoms with van der Waals surface area (Å²) in [7, 11) is 0. The molecule has 0 unspecified atom stereocenters. The van der Waals surface area contributed by atoms with Crippen molar-refractivity contribution in [3.05, 3.63) is 64.2 Å². The predicted octanol–water partition coefficient (Wildman–Crippen LogP) is 3.56. The van der Waals surface area contributed by atoms with Crippen LogP contribution in [0.25, 0.3) is 0 Å². The van der Waals surface area contributed by atoms with Gasteiger partial charge in [-0.3, -0.25) is 0 Å². The van der Waals surface area contributed by atoms with Gasteiger partial charge >= 0.3 is 0 Å². The van der Waals surface area contributed by atoms with Gasteiger partial charge in [0, 0.05) is 11.6 Å². The normalized spacial score (nSPS) is 13.9. The van der Waals surface area contributed by atoms with E-state index in [1.807, 2.05) is 24.3 Å². The lowest BCUT2D eigenvalue weighted by atomic mass is 9.99. The molecule has 1 aliphatic heterocycles. The monoisotopic (exact) mass is 273 g/mol. The fourth-order valence-electron chi connectivity index (χ4n) is 2.35. The summed E-state index contributed by atoms with van der Waals surface area (Å²) in [5.41, 5.74) is 4.03. The number of fused-ring (bicyclic) bond motifs is 1. The number of rotatable bonds is 3. The number of hydrogen-bond donors (Lipinski definition) is 1. The summed E-state index contributed by atoms with van der Waals surface area (Å²) in [4.78, 5) is 0. The SMILES string of the molecule is Clc1cccc(OCc2ccc3c(c2)CNCC3)c1. The molecule has 0 aromatic heterocycles. The topological polar surface area (TPSA) is 21.3 Å². The van der Waals surface area contributed by atoms with Crippen molar-refractivity contribution in [3.8, 4) is 5.75 Å². The molecule has 0 saturated heterocycles. The Hall–Kier alpha value is -1.51. The molecule has 3 rings (SSSR count). The summed E-state index contributed by atoms with van der Waals surface area (Å²) in [6.45, 7) is 2.61. The highest BCUT2D eigenvalue weighted by molar-refractivity contribution is 6.30. The summed E-state index contributed by atoms with van der Waals surface area (Å²) in [5, 5.41) is 4.09. The largest absolute Gasteiger partial charge is 0.489 e. The highest BCUT2D eigenvalue weighted by Crippen LogP contribution is 2.20. The highest BCUT2D eigenvalue weighted by atomic mass is 35.5. The minimum atomic E-state index is 0.577. The summed E-state index contributed by atoms with van der Waals surface area (Å²) >= 11 is 5.93. The number of ether oxygens (including phenoxy) is 1. The van der Waals surface area contributed by atoms with Crippen LogP contribution in [0.1, 0.15) is 16.7 Å². The van der Waals surface area contributed by atoms with Crippen molar-refractivity contribution in [2.24, 2.45) is 0 Å². The van der Waals surface area contributed by atoms with E-state index in [-0.39, 0.29) is 0 Å². The maximum atomic E-state index is 5.93. The zero-order valence-corrected chi connectivity index (χ0v) is 11.4. The Morgan fingerprint density at radius 1 is 1.11 bits per heavy atom. The van der Waals surface area contributed by atoms with Gasteiger partial charge in [-0.2, -0.15) is 0 Å². The molecule has 98 valence electrons. The Morgan fingerprint density at radius 3 is 2.95 bits per heavy atom. The number of nitrogens with one attached hydrogen (secondary N) is 1. The van der Waals surface area contributed by atoms with Crippen LogP contribution in [0.4, 0.5) is 0 Å². The lowest BCUT2D eigenvalue weighted by molar-refractivity contribution is 0.306. The van der Waals surface area contributed by atoms with Crippen molar-refractivity contribution >= 4 is 11.6 Å². The van der Waals surface area contributed by atoms with E-state index < -0.39 is 0 Å².